The highest BCUT2D eigenvalue weighted by Gasteiger charge is 2.29. The third kappa shape index (κ3) is 2.48. The summed E-state index contributed by atoms with van der Waals surface area (Å²) in [6.45, 7) is 1.93. The van der Waals surface area contributed by atoms with Crippen molar-refractivity contribution in [1.82, 2.24) is 4.40 Å². The molecule has 1 fully saturated rings. The highest BCUT2D eigenvalue weighted by molar-refractivity contribution is 5.89. The van der Waals surface area contributed by atoms with Gasteiger partial charge in [0.15, 0.2) is 0 Å². The highest BCUT2D eigenvalue weighted by atomic mass is 16.4. The number of hydrogen-bond acceptors (Lipinski definition) is 3. The average Bonchev–Trinajstić information content (AvgIpc) is 3.41. The van der Waals surface area contributed by atoms with Crippen LogP contribution in [0, 0.1) is 6.92 Å². The number of aromatic hydroxyl groups is 1. The summed E-state index contributed by atoms with van der Waals surface area (Å²) in [5, 5.41) is 19.0. The first-order valence-corrected chi connectivity index (χ1v) is 8.19. The molecule has 0 aliphatic heterocycles. The van der Waals surface area contributed by atoms with Crippen molar-refractivity contribution >= 4 is 11.5 Å². The number of benzene rings is 1. The normalized spacial score (nSPS) is 14.0. The maximum absolute atomic E-state index is 12.9. The fraction of sp³-hybridized carbons (Fsp3) is 0.200. The van der Waals surface area contributed by atoms with E-state index in [1.54, 1.807) is 30.3 Å². The Labute approximate surface area is 143 Å². The molecule has 1 aliphatic carbocycles. The molecule has 0 unspecified atom stereocenters. The van der Waals surface area contributed by atoms with Crippen LogP contribution in [0.2, 0.25) is 0 Å². The molecule has 0 spiro atoms. The fourth-order valence-electron chi connectivity index (χ4n) is 3.34. The summed E-state index contributed by atoms with van der Waals surface area (Å²) in [6, 6.07) is 11.9. The van der Waals surface area contributed by atoms with Crippen LogP contribution in [0.4, 0.5) is 0 Å². The third-order valence-corrected chi connectivity index (χ3v) is 4.75. The largest absolute Gasteiger partial charge is 0.508 e. The van der Waals surface area contributed by atoms with Crippen LogP contribution in [-0.2, 0) is 0 Å². The van der Waals surface area contributed by atoms with Crippen LogP contribution in [-0.4, -0.2) is 20.6 Å². The van der Waals surface area contributed by atoms with Crippen molar-refractivity contribution in [3.8, 4) is 17.0 Å². The lowest BCUT2D eigenvalue weighted by atomic mass is 10.0. The molecule has 2 aromatic heterocycles. The smallest absolute Gasteiger partial charge is 0.341 e. The third-order valence-electron chi connectivity index (χ3n) is 4.75. The summed E-state index contributed by atoms with van der Waals surface area (Å²) in [7, 11) is 0. The van der Waals surface area contributed by atoms with Crippen molar-refractivity contribution in [1.29, 1.82) is 0 Å². The monoisotopic (exact) mass is 335 g/mol. The predicted octanol–water partition coefficient (Wildman–Crippen LogP) is 3.56. The Morgan fingerprint density at radius 1 is 1.12 bits per heavy atom. The van der Waals surface area contributed by atoms with Gasteiger partial charge in [0.2, 0.25) is 0 Å². The number of phenolic OH excluding ortho intramolecular Hbond substituents is 1. The lowest BCUT2D eigenvalue weighted by Gasteiger charge is -2.16. The molecule has 0 saturated heterocycles. The van der Waals surface area contributed by atoms with Gasteiger partial charge in [0.05, 0.1) is 11.2 Å². The summed E-state index contributed by atoms with van der Waals surface area (Å²) >= 11 is 0. The number of phenols is 1. The Morgan fingerprint density at radius 2 is 1.80 bits per heavy atom. The molecule has 1 aromatic carbocycles. The van der Waals surface area contributed by atoms with E-state index >= 15 is 0 Å². The second kappa shape index (κ2) is 5.48. The van der Waals surface area contributed by atoms with Gasteiger partial charge in [-0.3, -0.25) is 9.20 Å². The van der Waals surface area contributed by atoms with Gasteiger partial charge in [-0.2, -0.15) is 0 Å². The summed E-state index contributed by atoms with van der Waals surface area (Å²) in [5.41, 5.74) is 3.30. The standard InChI is InChI=1S/C20H17NO4/c1-11-2-9-17(13-5-7-14(22)8-6-13)21-18(11)15(12-3-4-12)10-16(19(21)23)20(24)25/h2,5-10,12,22H,3-4H2,1H3,(H,24,25). The Balaban J connectivity index is 2.15. The average molecular weight is 335 g/mol. The van der Waals surface area contributed by atoms with Gasteiger partial charge < -0.3 is 10.2 Å². The number of carboxylic acid groups (broad SMARTS) is 1. The zero-order valence-electron chi connectivity index (χ0n) is 13.7. The van der Waals surface area contributed by atoms with Gasteiger partial charge in [-0.1, -0.05) is 6.07 Å². The number of aromatic carboxylic acids is 1. The first-order chi connectivity index (χ1) is 12.0. The molecular formula is C20H17NO4. The number of nitrogens with zero attached hydrogens (tertiary/aromatic N) is 1. The lowest BCUT2D eigenvalue weighted by Crippen LogP contribution is -2.24. The van der Waals surface area contributed by atoms with Crippen molar-refractivity contribution in [3.05, 3.63) is 69.5 Å². The maximum atomic E-state index is 12.9. The quantitative estimate of drug-likeness (QED) is 0.767. The van der Waals surface area contributed by atoms with E-state index in [-0.39, 0.29) is 11.3 Å². The number of carbonyl (C=O) groups is 1. The van der Waals surface area contributed by atoms with Crippen LogP contribution in [0.1, 0.15) is 40.2 Å². The van der Waals surface area contributed by atoms with E-state index in [0.29, 0.717) is 11.6 Å². The molecular weight excluding hydrogens is 318 g/mol. The number of carboxylic acids is 1. The van der Waals surface area contributed by atoms with E-state index in [9.17, 15) is 19.8 Å². The second-order valence-corrected chi connectivity index (χ2v) is 6.53. The summed E-state index contributed by atoms with van der Waals surface area (Å²) in [5.74, 6) is -0.765. The molecule has 2 N–H and O–H groups in total. The van der Waals surface area contributed by atoms with Gasteiger partial charge in [-0.25, -0.2) is 4.79 Å². The minimum absolute atomic E-state index is 0.136. The van der Waals surface area contributed by atoms with Crippen molar-refractivity contribution in [2.45, 2.75) is 25.7 Å². The SMILES string of the molecule is Cc1ccc(-c2ccc(O)cc2)n2c(=O)c(C(=O)O)cc(C3CC3)c12. The summed E-state index contributed by atoms with van der Waals surface area (Å²) < 4.78 is 1.51. The van der Waals surface area contributed by atoms with Gasteiger partial charge in [0.1, 0.15) is 11.3 Å². The first kappa shape index (κ1) is 15.4. The molecule has 0 radical (unpaired) electrons. The maximum Gasteiger partial charge on any atom is 0.341 e. The zero-order valence-corrected chi connectivity index (χ0v) is 13.7. The molecule has 4 rings (SSSR count). The van der Waals surface area contributed by atoms with Gasteiger partial charge in [-0.05, 0) is 78.8 Å². The van der Waals surface area contributed by atoms with E-state index in [4.69, 9.17) is 0 Å². The Kier molecular flexibility index (Phi) is 3.39. The molecule has 3 aromatic rings. The molecule has 5 heteroatoms. The Hall–Kier alpha value is -3.08. The van der Waals surface area contributed by atoms with Crippen molar-refractivity contribution < 1.29 is 15.0 Å². The van der Waals surface area contributed by atoms with Crippen LogP contribution in [0.25, 0.3) is 16.8 Å². The molecule has 5 nitrogen and oxygen atoms in total. The first-order valence-electron chi connectivity index (χ1n) is 8.19. The van der Waals surface area contributed by atoms with E-state index < -0.39 is 11.5 Å². The number of aryl methyl sites for hydroxylation is 1. The second-order valence-electron chi connectivity index (χ2n) is 6.53. The lowest BCUT2D eigenvalue weighted by molar-refractivity contribution is 0.0694. The van der Waals surface area contributed by atoms with Gasteiger partial charge in [-0.15, -0.1) is 0 Å². The molecule has 0 amide bonds. The summed E-state index contributed by atoms with van der Waals surface area (Å²) in [4.78, 5) is 24.5. The molecule has 25 heavy (non-hydrogen) atoms. The zero-order chi connectivity index (χ0) is 17.7. The van der Waals surface area contributed by atoms with Crippen molar-refractivity contribution in [3.63, 3.8) is 0 Å². The number of fused-ring (bicyclic) bond motifs is 1. The van der Waals surface area contributed by atoms with E-state index in [2.05, 4.69) is 0 Å². The van der Waals surface area contributed by atoms with Crippen LogP contribution in [0.5, 0.6) is 5.75 Å². The van der Waals surface area contributed by atoms with Crippen LogP contribution < -0.4 is 5.56 Å². The minimum Gasteiger partial charge on any atom is -0.508 e. The Morgan fingerprint density at radius 3 is 2.40 bits per heavy atom. The molecule has 2 heterocycles. The topological polar surface area (TPSA) is 79.0 Å². The molecule has 1 aliphatic rings. The number of aromatic nitrogens is 1. The molecule has 126 valence electrons. The molecule has 1 saturated carbocycles. The number of rotatable bonds is 3. The number of pyridine rings is 2. The molecule has 0 atom stereocenters. The minimum atomic E-state index is -1.21. The Bertz CT molecular complexity index is 1060. The highest BCUT2D eigenvalue weighted by Crippen LogP contribution is 2.43. The van der Waals surface area contributed by atoms with Crippen LogP contribution in [0.15, 0.2) is 47.3 Å². The van der Waals surface area contributed by atoms with Crippen molar-refractivity contribution in [2.24, 2.45) is 0 Å². The van der Waals surface area contributed by atoms with E-state index in [1.165, 1.54) is 4.40 Å². The van der Waals surface area contributed by atoms with Crippen LogP contribution >= 0.6 is 0 Å². The predicted molar refractivity (Wildman–Crippen MR) is 94.4 cm³/mol. The van der Waals surface area contributed by atoms with Gasteiger partial charge >= 0.3 is 5.97 Å². The van der Waals surface area contributed by atoms with Crippen molar-refractivity contribution in [2.75, 3.05) is 0 Å². The molecule has 0 bridgehead atoms. The van der Waals surface area contributed by atoms with Crippen LogP contribution in [0.3, 0.4) is 0 Å². The van der Waals surface area contributed by atoms with Gasteiger partial charge in [0.25, 0.3) is 5.56 Å². The van der Waals surface area contributed by atoms with E-state index in [0.717, 1.165) is 35.0 Å². The summed E-state index contributed by atoms with van der Waals surface area (Å²) in [6.07, 6.45) is 2.02. The van der Waals surface area contributed by atoms with E-state index in [1.807, 2.05) is 19.1 Å². The van der Waals surface area contributed by atoms with Gasteiger partial charge in [0, 0.05) is 0 Å². The number of hydrogen-bond donors (Lipinski definition) is 2. The fourth-order valence-corrected chi connectivity index (χ4v) is 3.34.